The van der Waals surface area contributed by atoms with E-state index in [1.807, 2.05) is 0 Å². The lowest BCUT2D eigenvalue weighted by atomic mass is 10.1. The zero-order valence-electron chi connectivity index (χ0n) is 20.7. The minimum Gasteiger partial charge on any atom is -0.350 e. The number of likely N-dealkylation sites (tertiary alicyclic amines) is 2. The van der Waals surface area contributed by atoms with Gasteiger partial charge in [-0.1, -0.05) is 34.8 Å². The highest BCUT2D eigenvalue weighted by Gasteiger charge is 2.35. The van der Waals surface area contributed by atoms with Gasteiger partial charge in [0.25, 0.3) is 5.91 Å². The second-order valence-electron chi connectivity index (χ2n) is 9.31. The van der Waals surface area contributed by atoms with Gasteiger partial charge in [-0.2, -0.15) is 4.72 Å². The van der Waals surface area contributed by atoms with E-state index in [-0.39, 0.29) is 30.9 Å². The van der Waals surface area contributed by atoms with Crippen LogP contribution in [0.15, 0.2) is 35.7 Å². The van der Waals surface area contributed by atoms with Gasteiger partial charge in [0.05, 0.1) is 10.9 Å². The molecule has 1 aromatic heterocycles. The predicted molar refractivity (Wildman–Crippen MR) is 154 cm³/mol. The van der Waals surface area contributed by atoms with Crippen LogP contribution in [0.25, 0.3) is 6.08 Å². The van der Waals surface area contributed by atoms with Gasteiger partial charge < -0.3 is 15.1 Å². The number of carbonyl (C=O) groups excluding carboxylic acids is 3. The van der Waals surface area contributed by atoms with Crippen LogP contribution in [0.4, 0.5) is 0 Å². The first-order valence-corrected chi connectivity index (χ1v) is 15.8. The van der Waals surface area contributed by atoms with Crippen molar-refractivity contribution in [3.63, 3.8) is 0 Å². The molecule has 210 valence electrons. The number of hydrogen-bond donors (Lipinski definition) is 2. The van der Waals surface area contributed by atoms with Crippen molar-refractivity contribution in [3.05, 3.63) is 60.6 Å². The minimum absolute atomic E-state index is 0.158. The first kappa shape index (κ1) is 29.8. The maximum absolute atomic E-state index is 13.2. The molecule has 4 rings (SSSR count). The van der Waals surface area contributed by atoms with Gasteiger partial charge in [0.1, 0.15) is 6.04 Å². The number of piperidine rings is 1. The fourth-order valence-electron chi connectivity index (χ4n) is 4.65. The molecule has 2 saturated heterocycles. The minimum atomic E-state index is -3.89. The standard InChI is InChI=1S/C25H27Cl3N4O5S2/c26-17-11-16(12-18(27)13-17)24(34)29-14-19-3-1-9-32(19)23(33)15-31-8-2-4-21(25(31)35)30-39(36,37)10-7-20-5-6-22(28)38-20/h5-7,10-13,19,21,30H,1-4,8-9,14-15H2,(H,29,34)/t19-,21+/m1/s1. The average molecular weight is 634 g/mol. The quantitative estimate of drug-likeness (QED) is 0.433. The van der Waals surface area contributed by atoms with Gasteiger partial charge in [-0.05, 0) is 62.1 Å². The van der Waals surface area contributed by atoms with Crippen LogP contribution in [-0.2, 0) is 19.6 Å². The smallest absolute Gasteiger partial charge is 0.251 e. The van der Waals surface area contributed by atoms with E-state index in [1.54, 1.807) is 17.0 Å². The van der Waals surface area contributed by atoms with Gasteiger partial charge in [0.15, 0.2) is 0 Å². The number of rotatable bonds is 9. The number of nitrogens with zero attached hydrogens (tertiary/aromatic N) is 2. The number of nitrogens with one attached hydrogen (secondary N) is 2. The van der Waals surface area contributed by atoms with Crippen molar-refractivity contribution in [3.8, 4) is 0 Å². The van der Waals surface area contributed by atoms with Crippen molar-refractivity contribution in [1.82, 2.24) is 19.8 Å². The van der Waals surface area contributed by atoms with Gasteiger partial charge in [-0.25, -0.2) is 8.42 Å². The molecule has 0 saturated carbocycles. The van der Waals surface area contributed by atoms with E-state index >= 15 is 0 Å². The number of halogens is 3. The van der Waals surface area contributed by atoms with Crippen molar-refractivity contribution in [2.75, 3.05) is 26.2 Å². The molecule has 2 aliphatic rings. The molecular weight excluding hydrogens is 607 g/mol. The summed E-state index contributed by atoms with van der Waals surface area (Å²) in [4.78, 5) is 42.5. The van der Waals surface area contributed by atoms with Crippen molar-refractivity contribution in [1.29, 1.82) is 0 Å². The first-order chi connectivity index (χ1) is 18.5. The fourth-order valence-corrected chi connectivity index (χ4v) is 7.24. The summed E-state index contributed by atoms with van der Waals surface area (Å²) >= 11 is 19.1. The molecule has 2 aliphatic heterocycles. The molecule has 39 heavy (non-hydrogen) atoms. The third kappa shape index (κ3) is 8.18. The molecule has 3 amide bonds. The Morgan fingerprint density at radius 1 is 1.05 bits per heavy atom. The Morgan fingerprint density at radius 2 is 1.77 bits per heavy atom. The molecular formula is C25H27Cl3N4O5S2. The van der Waals surface area contributed by atoms with Crippen LogP contribution in [0, 0.1) is 0 Å². The summed E-state index contributed by atoms with van der Waals surface area (Å²) in [7, 11) is -3.89. The molecule has 2 aromatic rings. The van der Waals surface area contributed by atoms with Crippen LogP contribution < -0.4 is 10.0 Å². The van der Waals surface area contributed by atoms with Gasteiger partial charge in [-0.15, -0.1) is 11.3 Å². The summed E-state index contributed by atoms with van der Waals surface area (Å²) in [6, 6.07) is 6.75. The topological polar surface area (TPSA) is 116 Å². The Morgan fingerprint density at radius 3 is 2.46 bits per heavy atom. The molecule has 3 heterocycles. The van der Waals surface area contributed by atoms with Gasteiger partial charge in [0.2, 0.25) is 21.8 Å². The maximum Gasteiger partial charge on any atom is 0.251 e. The van der Waals surface area contributed by atoms with E-state index in [1.165, 1.54) is 40.5 Å². The molecule has 14 heteroatoms. The maximum atomic E-state index is 13.2. The van der Waals surface area contributed by atoms with Crippen LogP contribution in [0.5, 0.6) is 0 Å². The normalized spacial score (nSPS) is 20.1. The number of benzene rings is 1. The number of thiophene rings is 1. The average Bonchev–Trinajstić information content (AvgIpc) is 3.52. The Labute approximate surface area is 246 Å². The SMILES string of the molecule is O=C(NC[C@H]1CCCN1C(=O)CN1CCC[C@H](NS(=O)(=O)C=Cc2ccc(Cl)s2)C1=O)c1cc(Cl)cc(Cl)c1. The number of hydrogen-bond acceptors (Lipinski definition) is 6. The van der Waals surface area contributed by atoms with E-state index in [2.05, 4.69) is 10.0 Å². The molecule has 0 unspecified atom stereocenters. The second kappa shape index (κ2) is 13.0. The largest absolute Gasteiger partial charge is 0.350 e. The van der Waals surface area contributed by atoms with Crippen LogP contribution in [0.3, 0.4) is 0 Å². The summed E-state index contributed by atoms with van der Waals surface area (Å²) in [6.45, 7) is 0.955. The Hall–Kier alpha value is -2.15. The van der Waals surface area contributed by atoms with Crippen molar-refractivity contribution < 1.29 is 22.8 Å². The van der Waals surface area contributed by atoms with E-state index in [9.17, 15) is 22.8 Å². The van der Waals surface area contributed by atoms with Crippen molar-refractivity contribution in [2.24, 2.45) is 0 Å². The molecule has 2 atom stereocenters. The Bertz CT molecular complexity index is 1360. The Balaban J connectivity index is 1.31. The number of carbonyl (C=O) groups is 3. The molecule has 0 radical (unpaired) electrons. The zero-order chi connectivity index (χ0) is 28.2. The summed E-state index contributed by atoms with van der Waals surface area (Å²) in [6.07, 6.45) is 3.79. The lowest BCUT2D eigenvalue weighted by Gasteiger charge is -2.34. The van der Waals surface area contributed by atoms with E-state index < -0.39 is 22.0 Å². The lowest BCUT2D eigenvalue weighted by Crippen LogP contribution is -2.55. The summed E-state index contributed by atoms with van der Waals surface area (Å²) in [5, 5.41) is 4.53. The van der Waals surface area contributed by atoms with Gasteiger partial charge in [0, 0.05) is 51.6 Å². The molecule has 0 bridgehead atoms. The molecule has 9 nitrogen and oxygen atoms in total. The molecule has 0 aliphatic carbocycles. The monoisotopic (exact) mass is 632 g/mol. The van der Waals surface area contributed by atoms with Crippen molar-refractivity contribution in [2.45, 2.75) is 37.8 Å². The predicted octanol–water partition coefficient (Wildman–Crippen LogP) is 4.01. The molecule has 2 fully saturated rings. The van der Waals surface area contributed by atoms with Crippen LogP contribution in [-0.4, -0.2) is 74.2 Å². The highest BCUT2D eigenvalue weighted by Crippen LogP contribution is 2.23. The molecule has 1 aromatic carbocycles. The highest BCUT2D eigenvalue weighted by atomic mass is 35.5. The summed E-state index contributed by atoms with van der Waals surface area (Å²) < 4.78 is 28.1. The van der Waals surface area contributed by atoms with Gasteiger partial charge >= 0.3 is 0 Å². The van der Waals surface area contributed by atoms with E-state index in [0.29, 0.717) is 57.2 Å². The number of sulfonamides is 1. The molecule has 0 spiro atoms. The summed E-state index contributed by atoms with van der Waals surface area (Å²) in [5.41, 5.74) is 0.324. The van der Waals surface area contributed by atoms with E-state index in [4.69, 9.17) is 34.8 Å². The summed E-state index contributed by atoms with van der Waals surface area (Å²) in [5.74, 6) is -1.03. The van der Waals surface area contributed by atoms with Crippen LogP contribution in [0.2, 0.25) is 14.4 Å². The second-order valence-corrected chi connectivity index (χ2v) is 13.5. The third-order valence-corrected chi connectivity index (χ3v) is 9.23. The van der Waals surface area contributed by atoms with Gasteiger partial charge in [-0.3, -0.25) is 14.4 Å². The van der Waals surface area contributed by atoms with E-state index in [0.717, 1.165) is 11.8 Å². The van der Waals surface area contributed by atoms with Crippen LogP contribution >= 0.6 is 46.1 Å². The Kier molecular flexibility index (Phi) is 9.95. The lowest BCUT2D eigenvalue weighted by molar-refractivity contribution is -0.143. The van der Waals surface area contributed by atoms with Crippen LogP contribution in [0.1, 0.15) is 40.9 Å². The van der Waals surface area contributed by atoms with Crippen molar-refractivity contribution >= 4 is 80.0 Å². The third-order valence-electron chi connectivity index (χ3n) is 6.49. The number of amides is 3. The molecule has 2 N–H and O–H groups in total. The first-order valence-electron chi connectivity index (χ1n) is 12.3. The highest BCUT2D eigenvalue weighted by molar-refractivity contribution is 7.92. The fraction of sp³-hybridized carbons (Fsp3) is 0.400. The zero-order valence-corrected chi connectivity index (χ0v) is 24.6.